The van der Waals surface area contributed by atoms with Crippen molar-refractivity contribution in [3.63, 3.8) is 0 Å². The Hall–Kier alpha value is -0.110. The van der Waals surface area contributed by atoms with Crippen LogP contribution in [0.25, 0.3) is 0 Å². The molecule has 0 aromatic heterocycles. The number of unbranched alkanes of at least 4 members (excludes halogenated alkanes) is 2. The zero-order valence-electron chi connectivity index (χ0n) is 9.80. The molecule has 0 aromatic rings. The number of halogens is 1. The molecule has 1 unspecified atom stereocenters. The van der Waals surface area contributed by atoms with E-state index in [1.807, 2.05) is 0 Å². The summed E-state index contributed by atoms with van der Waals surface area (Å²) in [5, 5.41) is 0. The highest BCUT2D eigenvalue weighted by Gasteiger charge is 2.20. The summed E-state index contributed by atoms with van der Waals surface area (Å²) < 4.78 is 0. The van der Waals surface area contributed by atoms with Gasteiger partial charge in [0.05, 0.1) is 0 Å². The highest BCUT2D eigenvalue weighted by atomic mass is 19.0. The first-order valence-corrected chi connectivity index (χ1v) is 6.09. The minimum absolute atomic E-state index is 0. The van der Waals surface area contributed by atoms with Crippen LogP contribution in [0.3, 0.4) is 0 Å². The van der Waals surface area contributed by atoms with Crippen LogP contribution in [0.4, 0.5) is 4.70 Å². The Balaban J connectivity index is 0.00000169. The van der Waals surface area contributed by atoms with Crippen LogP contribution in [-0.4, -0.2) is 24.5 Å². The molecule has 0 N–H and O–H groups in total. The molecule has 1 saturated heterocycles. The number of likely N-dealkylation sites (tertiary alicyclic amines) is 1. The third-order valence-electron chi connectivity index (χ3n) is 3.14. The summed E-state index contributed by atoms with van der Waals surface area (Å²) in [6.45, 7) is 8.70. The van der Waals surface area contributed by atoms with E-state index < -0.39 is 0 Å². The van der Waals surface area contributed by atoms with Crippen molar-refractivity contribution >= 4 is 0 Å². The van der Waals surface area contributed by atoms with Crippen LogP contribution in [-0.2, 0) is 0 Å². The fourth-order valence-corrected chi connectivity index (χ4v) is 2.35. The summed E-state index contributed by atoms with van der Waals surface area (Å²) >= 11 is 0. The number of nitrogens with zero attached hydrogens (tertiary/aromatic N) is 1. The van der Waals surface area contributed by atoms with E-state index in [0.29, 0.717) is 0 Å². The van der Waals surface area contributed by atoms with E-state index in [1.54, 1.807) is 0 Å². The van der Waals surface area contributed by atoms with E-state index in [0.717, 1.165) is 5.92 Å². The zero-order valence-corrected chi connectivity index (χ0v) is 9.80. The maximum absolute atomic E-state index is 2.66. The predicted octanol–water partition coefficient (Wildman–Crippen LogP) is 3.45. The first-order valence-electron chi connectivity index (χ1n) is 6.09. The maximum atomic E-state index is 2.66. The fourth-order valence-electron chi connectivity index (χ4n) is 2.35. The summed E-state index contributed by atoms with van der Waals surface area (Å²) in [6, 6.07) is 0. The minimum Gasteiger partial charge on any atom is -0.303 e. The van der Waals surface area contributed by atoms with E-state index in [4.69, 9.17) is 0 Å². The lowest BCUT2D eigenvalue weighted by atomic mass is 10.0. The summed E-state index contributed by atoms with van der Waals surface area (Å²) in [7, 11) is 0. The monoisotopic (exact) mass is 203 g/mol. The summed E-state index contributed by atoms with van der Waals surface area (Å²) in [6.07, 6.45) is 8.45. The lowest BCUT2D eigenvalue weighted by Gasteiger charge is -2.15. The van der Waals surface area contributed by atoms with E-state index in [2.05, 4.69) is 18.7 Å². The molecule has 0 radical (unpaired) electrons. The Labute approximate surface area is 88.2 Å². The zero-order chi connectivity index (χ0) is 9.52. The van der Waals surface area contributed by atoms with Crippen LogP contribution >= 0.6 is 0 Å². The average molecular weight is 203 g/mol. The van der Waals surface area contributed by atoms with Gasteiger partial charge in [0, 0.05) is 6.54 Å². The largest absolute Gasteiger partial charge is 0.303 e. The van der Waals surface area contributed by atoms with Crippen LogP contribution in [0.2, 0.25) is 0 Å². The van der Waals surface area contributed by atoms with Crippen molar-refractivity contribution in [1.29, 1.82) is 0 Å². The second kappa shape index (κ2) is 8.22. The Morgan fingerprint density at radius 1 is 1.14 bits per heavy atom. The molecule has 0 aliphatic carbocycles. The molecular formula is C12H26FN. The molecule has 0 bridgehead atoms. The molecule has 1 nitrogen and oxygen atoms in total. The van der Waals surface area contributed by atoms with Crippen molar-refractivity contribution in [2.24, 2.45) is 5.92 Å². The van der Waals surface area contributed by atoms with Crippen LogP contribution in [0.5, 0.6) is 0 Å². The smallest absolute Gasteiger partial charge is 0.00101 e. The minimum atomic E-state index is 0. The molecule has 1 rings (SSSR count). The molecular weight excluding hydrogens is 177 g/mol. The third kappa shape index (κ3) is 4.94. The molecule has 0 spiro atoms. The molecule has 0 amide bonds. The summed E-state index contributed by atoms with van der Waals surface area (Å²) in [5.41, 5.74) is 0. The molecule has 0 aromatic carbocycles. The van der Waals surface area contributed by atoms with Crippen LogP contribution in [0, 0.1) is 5.92 Å². The van der Waals surface area contributed by atoms with Crippen LogP contribution in [0.15, 0.2) is 0 Å². The summed E-state index contributed by atoms with van der Waals surface area (Å²) in [5.74, 6) is 1.02. The van der Waals surface area contributed by atoms with Gasteiger partial charge in [0.15, 0.2) is 0 Å². The molecule has 0 saturated carbocycles. The van der Waals surface area contributed by atoms with Crippen molar-refractivity contribution in [1.82, 2.24) is 4.90 Å². The van der Waals surface area contributed by atoms with E-state index in [9.17, 15) is 0 Å². The Morgan fingerprint density at radius 3 is 2.57 bits per heavy atom. The first kappa shape index (κ1) is 13.9. The Kier molecular flexibility index (Phi) is 8.15. The van der Waals surface area contributed by atoms with Crippen LogP contribution in [0.1, 0.15) is 52.4 Å². The molecule has 1 heterocycles. The van der Waals surface area contributed by atoms with Gasteiger partial charge in [-0.25, -0.2) is 0 Å². The molecule has 1 aliphatic heterocycles. The van der Waals surface area contributed by atoms with E-state index >= 15 is 0 Å². The standard InChI is InChI=1S/C12H25N.FH/c1-3-5-6-9-13-10-8-12(11-13)7-4-2;/h12H,3-11H2,1-2H3;1H. The van der Waals surface area contributed by atoms with Gasteiger partial charge in [-0.1, -0.05) is 33.1 Å². The number of hydrogen-bond acceptors (Lipinski definition) is 1. The lowest BCUT2D eigenvalue weighted by molar-refractivity contribution is 0.312. The molecule has 1 aliphatic rings. The van der Waals surface area contributed by atoms with Gasteiger partial charge >= 0.3 is 0 Å². The normalized spacial score (nSPS) is 22.3. The van der Waals surface area contributed by atoms with Gasteiger partial charge < -0.3 is 4.90 Å². The second-order valence-electron chi connectivity index (χ2n) is 4.45. The van der Waals surface area contributed by atoms with Crippen molar-refractivity contribution in [2.45, 2.75) is 52.4 Å². The molecule has 1 atom stereocenters. The van der Waals surface area contributed by atoms with Crippen molar-refractivity contribution in [3.8, 4) is 0 Å². The van der Waals surface area contributed by atoms with E-state index in [1.165, 1.54) is 58.2 Å². The average Bonchev–Trinajstić information content (AvgIpc) is 2.54. The highest BCUT2D eigenvalue weighted by Crippen LogP contribution is 2.20. The summed E-state index contributed by atoms with van der Waals surface area (Å²) in [4.78, 5) is 2.66. The van der Waals surface area contributed by atoms with Crippen molar-refractivity contribution < 1.29 is 4.70 Å². The Bertz CT molecular complexity index is 127. The molecule has 86 valence electrons. The van der Waals surface area contributed by atoms with Gasteiger partial charge in [0.1, 0.15) is 0 Å². The second-order valence-corrected chi connectivity index (χ2v) is 4.45. The van der Waals surface area contributed by atoms with Gasteiger partial charge in [-0.3, -0.25) is 4.70 Å². The topological polar surface area (TPSA) is 3.24 Å². The highest BCUT2D eigenvalue weighted by molar-refractivity contribution is 4.74. The maximum Gasteiger partial charge on any atom is 0.00101 e. The van der Waals surface area contributed by atoms with Crippen molar-refractivity contribution in [3.05, 3.63) is 0 Å². The van der Waals surface area contributed by atoms with Gasteiger partial charge in [0.2, 0.25) is 0 Å². The molecule has 2 heteroatoms. The van der Waals surface area contributed by atoms with Gasteiger partial charge in [0.25, 0.3) is 0 Å². The number of rotatable bonds is 6. The van der Waals surface area contributed by atoms with E-state index in [-0.39, 0.29) is 4.70 Å². The quantitative estimate of drug-likeness (QED) is 0.598. The fraction of sp³-hybridized carbons (Fsp3) is 1.00. The van der Waals surface area contributed by atoms with Gasteiger partial charge in [-0.05, 0) is 38.3 Å². The van der Waals surface area contributed by atoms with Gasteiger partial charge in [-0.2, -0.15) is 0 Å². The molecule has 14 heavy (non-hydrogen) atoms. The third-order valence-corrected chi connectivity index (χ3v) is 3.14. The Morgan fingerprint density at radius 2 is 1.93 bits per heavy atom. The predicted molar refractivity (Wildman–Crippen MR) is 61.5 cm³/mol. The van der Waals surface area contributed by atoms with Gasteiger partial charge in [-0.15, -0.1) is 0 Å². The van der Waals surface area contributed by atoms with Crippen LogP contribution < -0.4 is 0 Å². The number of hydrogen-bond donors (Lipinski definition) is 0. The SMILES string of the molecule is CCCCCN1CCC(CCC)C1.F. The first-order chi connectivity index (χ1) is 6.36. The van der Waals surface area contributed by atoms with Crippen molar-refractivity contribution in [2.75, 3.05) is 19.6 Å². The lowest BCUT2D eigenvalue weighted by Crippen LogP contribution is -2.21. The molecule has 1 fully saturated rings.